The summed E-state index contributed by atoms with van der Waals surface area (Å²) < 4.78 is 16.9. The maximum Gasteiger partial charge on any atom is 0.193 e. The lowest BCUT2D eigenvalue weighted by molar-refractivity contribution is -0.0266. The van der Waals surface area contributed by atoms with Crippen molar-refractivity contribution in [3.63, 3.8) is 0 Å². The molecule has 0 saturated carbocycles. The Kier molecular flexibility index (Phi) is 11.3. The van der Waals surface area contributed by atoms with E-state index in [1.807, 2.05) is 7.05 Å². The minimum Gasteiger partial charge on any atom is -0.382 e. The van der Waals surface area contributed by atoms with Gasteiger partial charge in [-0.1, -0.05) is 30.3 Å². The van der Waals surface area contributed by atoms with Crippen LogP contribution in [-0.2, 0) is 14.2 Å². The summed E-state index contributed by atoms with van der Waals surface area (Å²) in [6, 6.07) is 10.6. The number of hydrogen-bond acceptors (Lipinski definition) is 4. The summed E-state index contributed by atoms with van der Waals surface area (Å²) in [4.78, 5) is 6.88. The van der Waals surface area contributed by atoms with Crippen LogP contribution in [0.2, 0.25) is 0 Å². The fourth-order valence-corrected chi connectivity index (χ4v) is 4.17. The fraction of sp³-hybridized carbons (Fsp3) is 0.682. The summed E-state index contributed by atoms with van der Waals surface area (Å²) in [5.41, 5.74) is 1.28. The average Bonchev–Trinajstić information content (AvgIpc) is 3.21. The monoisotopic (exact) mass is 517 g/mol. The van der Waals surface area contributed by atoms with E-state index in [0.29, 0.717) is 25.0 Å². The van der Waals surface area contributed by atoms with Crippen molar-refractivity contribution in [3.05, 3.63) is 35.9 Å². The van der Waals surface area contributed by atoms with Crippen LogP contribution in [-0.4, -0.2) is 71.1 Å². The Morgan fingerprint density at radius 3 is 2.83 bits per heavy atom. The van der Waals surface area contributed by atoms with Crippen molar-refractivity contribution in [3.8, 4) is 0 Å². The third kappa shape index (κ3) is 7.38. The van der Waals surface area contributed by atoms with Gasteiger partial charge in [0.15, 0.2) is 5.96 Å². The van der Waals surface area contributed by atoms with E-state index in [9.17, 15) is 0 Å². The number of nitrogens with zero attached hydrogens (tertiary/aromatic N) is 2. The van der Waals surface area contributed by atoms with Crippen LogP contribution in [0.25, 0.3) is 0 Å². The highest BCUT2D eigenvalue weighted by molar-refractivity contribution is 14.0. The number of aliphatic imine (C=N–C) groups is 1. The number of likely N-dealkylation sites (tertiary alicyclic amines) is 1. The minimum absolute atomic E-state index is 0. The molecule has 164 valence electrons. The number of guanidine groups is 1. The van der Waals surface area contributed by atoms with Gasteiger partial charge in [-0.2, -0.15) is 0 Å². The highest BCUT2D eigenvalue weighted by Crippen LogP contribution is 2.33. The first kappa shape index (κ1) is 24.4. The highest BCUT2D eigenvalue weighted by atomic mass is 127. The predicted molar refractivity (Wildman–Crippen MR) is 127 cm³/mol. The van der Waals surface area contributed by atoms with Crippen molar-refractivity contribution in [2.75, 3.05) is 60.2 Å². The van der Waals surface area contributed by atoms with Crippen LogP contribution in [0.3, 0.4) is 0 Å². The Morgan fingerprint density at radius 1 is 1.24 bits per heavy atom. The lowest BCUT2D eigenvalue weighted by Crippen LogP contribution is -2.43. The molecule has 0 aromatic heterocycles. The first-order valence-electron chi connectivity index (χ1n) is 10.5. The first-order chi connectivity index (χ1) is 13.8. The van der Waals surface area contributed by atoms with E-state index >= 15 is 0 Å². The smallest absolute Gasteiger partial charge is 0.193 e. The van der Waals surface area contributed by atoms with Gasteiger partial charge in [-0.25, -0.2) is 0 Å². The summed E-state index contributed by atoms with van der Waals surface area (Å²) in [5.74, 6) is 2.02. The minimum atomic E-state index is 0. The number of ether oxygens (including phenoxy) is 3. The van der Waals surface area contributed by atoms with Gasteiger partial charge in [0.2, 0.25) is 0 Å². The second kappa shape index (κ2) is 13.4. The third-order valence-corrected chi connectivity index (χ3v) is 5.68. The highest BCUT2D eigenvalue weighted by Gasteiger charge is 2.29. The van der Waals surface area contributed by atoms with Gasteiger partial charge in [0.25, 0.3) is 0 Å². The van der Waals surface area contributed by atoms with Gasteiger partial charge >= 0.3 is 0 Å². The average molecular weight is 517 g/mol. The topological polar surface area (TPSA) is 55.3 Å². The van der Waals surface area contributed by atoms with Crippen LogP contribution in [0, 0.1) is 11.8 Å². The van der Waals surface area contributed by atoms with Crippen molar-refractivity contribution >= 4 is 29.9 Å². The zero-order valence-corrected chi connectivity index (χ0v) is 20.0. The van der Waals surface area contributed by atoms with Crippen molar-refractivity contribution in [2.45, 2.75) is 25.4 Å². The number of rotatable bonds is 8. The van der Waals surface area contributed by atoms with Crippen LogP contribution in [0.4, 0.5) is 0 Å². The molecular weight excluding hydrogens is 481 g/mol. The van der Waals surface area contributed by atoms with E-state index < -0.39 is 0 Å². The molecule has 3 unspecified atom stereocenters. The maximum absolute atomic E-state index is 6.13. The second-order valence-electron chi connectivity index (χ2n) is 7.70. The van der Waals surface area contributed by atoms with Crippen molar-refractivity contribution in [1.82, 2.24) is 10.2 Å². The van der Waals surface area contributed by atoms with Gasteiger partial charge in [-0.3, -0.25) is 4.99 Å². The summed E-state index contributed by atoms with van der Waals surface area (Å²) >= 11 is 0. The van der Waals surface area contributed by atoms with Gasteiger partial charge in [0.05, 0.1) is 25.9 Å². The van der Waals surface area contributed by atoms with Gasteiger partial charge in [-0.05, 0) is 24.8 Å². The van der Waals surface area contributed by atoms with Crippen LogP contribution in [0.1, 0.15) is 30.9 Å². The van der Waals surface area contributed by atoms with Crippen LogP contribution in [0.5, 0.6) is 0 Å². The molecule has 7 heteroatoms. The van der Waals surface area contributed by atoms with Crippen LogP contribution in [0.15, 0.2) is 35.3 Å². The molecule has 0 aliphatic carbocycles. The number of halogens is 1. The molecule has 2 aliphatic rings. The van der Waals surface area contributed by atoms with Gasteiger partial charge in [0.1, 0.15) is 0 Å². The molecule has 29 heavy (non-hydrogen) atoms. The van der Waals surface area contributed by atoms with E-state index in [1.165, 1.54) is 12.0 Å². The number of methoxy groups -OCH3 is 1. The van der Waals surface area contributed by atoms with Crippen LogP contribution < -0.4 is 5.32 Å². The van der Waals surface area contributed by atoms with Crippen LogP contribution >= 0.6 is 24.0 Å². The van der Waals surface area contributed by atoms with Gasteiger partial charge in [-0.15, -0.1) is 24.0 Å². The summed E-state index contributed by atoms with van der Waals surface area (Å²) in [6.07, 6.45) is 3.62. The summed E-state index contributed by atoms with van der Waals surface area (Å²) in [5, 5.41) is 3.61. The Morgan fingerprint density at radius 2 is 2.07 bits per heavy atom. The molecule has 1 N–H and O–H groups in total. The molecule has 3 atom stereocenters. The molecule has 0 amide bonds. The van der Waals surface area contributed by atoms with Crippen molar-refractivity contribution < 1.29 is 14.2 Å². The first-order valence-corrected chi connectivity index (χ1v) is 10.5. The van der Waals surface area contributed by atoms with E-state index in [0.717, 1.165) is 51.6 Å². The zero-order chi connectivity index (χ0) is 19.6. The summed E-state index contributed by atoms with van der Waals surface area (Å²) in [6.45, 7) is 5.88. The molecule has 2 fully saturated rings. The maximum atomic E-state index is 6.13. The van der Waals surface area contributed by atoms with E-state index in [1.54, 1.807) is 7.11 Å². The molecule has 6 nitrogen and oxygen atoms in total. The molecule has 2 saturated heterocycles. The molecular formula is C22H36IN3O3. The van der Waals surface area contributed by atoms with Crippen molar-refractivity contribution in [1.29, 1.82) is 0 Å². The zero-order valence-electron chi connectivity index (χ0n) is 17.7. The quantitative estimate of drug-likeness (QED) is 0.248. The molecule has 2 aliphatic heterocycles. The number of nitrogens with one attached hydrogen (secondary N) is 1. The lowest BCUT2D eigenvalue weighted by atomic mass is 9.89. The number of hydrogen-bond donors (Lipinski definition) is 1. The normalized spacial score (nSPS) is 25.0. The van der Waals surface area contributed by atoms with Gasteiger partial charge in [0, 0.05) is 52.2 Å². The standard InChI is InChI=1S/C22H35N3O3.HI/c1-23-22(25-11-10-18(16-25)17-27-14-13-26-2)24-15-20-9-6-12-28-21(20)19-7-4-3-5-8-19;/h3-5,7-8,18,20-21H,6,9-17H2,1-2H3,(H,23,24);1H. The lowest BCUT2D eigenvalue weighted by Gasteiger charge is -2.33. The fourth-order valence-electron chi connectivity index (χ4n) is 4.17. The molecule has 0 spiro atoms. The Bertz CT molecular complexity index is 602. The Hall–Kier alpha value is -0.900. The van der Waals surface area contributed by atoms with E-state index in [-0.39, 0.29) is 30.1 Å². The molecule has 3 rings (SSSR count). The Balaban J connectivity index is 0.00000300. The molecule has 2 heterocycles. The van der Waals surface area contributed by atoms with E-state index in [4.69, 9.17) is 14.2 Å². The molecule has 0 bridgehead atoms. The molecule has 1 aromatic carbocycles. The van der Waals surface area contributed by atoms with Crippen molar-refractivity contribution in [2.24, 2.45) is 16.8 Å². The SMILES string of the molecule is CN=C(NCC1CCCOC1c1ccccc1)N1CCC(COCCOC)C1.I. The summed E-state index contributed by atoms with van der Waals surface area (Å²) in [7, 11) is 3.58. The Labute approximate surface area is 192 Å². The third-order valence-electron chi connectivity index (χ3n) is 5.68. The predicted octanol–water partition coefficient (Wildman–Crippen LogP) is 3.33. The molecule has 1 aromatic rings. The van der Waals surface area contributed by atoms with Gasteiger partial charge < -0.3 is 24.4 Å². The second-order valence-corrected chi connectivity index (χ2v) is 7.70. The van der Waals surface area contributed by atoms with E-state index in [2.05, 4.69) is 45.5 Å². The number of benzene rings is 1. The largest absolute Gasteiger partial charge is 0.382 e. The molecule has 0 radical (unpaired) electrons.